The third-order valence-corrected chi connectivity index (χ3v) is 2.45. The van der Waals surface area contributed by atoms with Gasteiger partial charge in [0.2, 0.25) is 0 Å². The molecule has 1 aliphatic carbocycles. The minimum absolute atomic E-state index is 0.116. The van der Waals surface area contributed by atoms with E-state index >= 15 is 0 Å². The Bertz CT molecular complexity index is 276. The van der Waals surface area contributed by atoms with E-state index < -0.39 is 23.0 Å². The Labute approximate surface area is 83.2 Å². The van der Waals surface area contributed by atoms with Crippen LogP contribution in [0.2, 0.25) is 0 Å². The number of ether oxygens (including phenoxy) is 1. The van der Waals surface area contributed by atoms with Gasteiger partial charge in [0.15, 0.2) is 5.41 Å². The molecule has 4 nitrogen and oxygen atoms in total. The molecule has 0 saturated heterocycles. The quantitative estimate of drug-likeness (QED) is 0.541. The summed E-state index contributed by atoms with van der Waals surface area (Å²) < 4.78 is 5.08. The number of rotatable bonds is 2. The van der Waals surface area contributed by atoms with Crippen LogP contribution in [0, 0.1) is 11.3 Å². The molecule has 1 saturated carbocycles. The second-order valence-corrected chi connectivity index (χ2v) is 4.88. The lowest BCUT2D eigenvalue weighted by Crippen LogP contribution is -2.35. The van der Waals surface area contributed by atoms with E-state index in [9.17, 15) is 9.59 Å². The number of carbonyl (C=O) groups is 2. The number of carboxylic acid groups (broad SMARTS) is 1. The topological polar surface area (TPSA) is 63.6 Å². The zero-order chi connectivity index (χ0) is 11.1. The zero-order valence-corrected chi connectivity index (χ0v) is 8.96. The summed E-state index contributed by atoms with van der Waals surface area (Å²) in [6.45, 7) is 6.94. The third-order valence-electron chi connectivity index (χ3n) is 2.45. The molecular formula is C10H16O4. The lowest BCUT2D eigenvalue weighted by Gasteiger charge is -2.22. The molecule has 80 valence electrons. The molecule has 0 amide bonds. The summed E-state index contributed by atoms with van der Waals surface area (Å²) in [6, 6.07) is 0. The average molecular weight is 200 g/mol. The van der Waals surface area contributed by atoms with Crippen molar-refractivity contribution in [1.29, 1.82) is 0 Å². The van der Waals surface area contributed by atoms with E-state index in [1.807, 2.05) is 0 Å². The van der Waals surface area contributed by atoms with Crippen molar-refractivity contribution >= 4 is 11.9 Å². The molecule has 0 radical (unpaired) electrons. The van der Waals surface area contributed by atoms with Gasteiger partial charge in [0.05, 0.1) is 0 Å². The summed E-state index contributed by atoms with van der Waals surface area (Å²) in [5, 5.41) is 8.94. The Morgan fingerprint density at radius 2 is 1.86 bits per heavy atom. The first-order valence-electron chi connectivity index (χ1n) is 4.67. The molecule has 0 aromatic carbocycles. The fraction of sp³-hybridized carbons (Fsp3) is 0.800. The SMILES string of the molecule is C[C@H]1C[C@]1(C(=O)O)C(=O)OC(C)(C)C. The highest BCUT2D eigenvalue weighted by Crippen LogP contribution is 2.53. The van der Waals surface area contributed by atoms with E-state index in [2.05, 4.69) is 0 Å². The highest BCUT2D eigenvalue weighted by atomic mass is 16.6. The predicted octanol–water partition coefficient (Wildman–Crippen LogP) is 1.44. The summed E-state index contributed by atoms with van der Waals surface area (Å²) in [5.74, 6) is -1.79. The van der Waals surface area contributed by atoms with Gasteiger partial charge in [-0.3, -0.25) is 9.59 Å². The molecule has 1 aliphatic rings. The number of aliphatic carboxylic acids is 1. The summed E-state index contributed by atoms with van der Waals surface area (Å²) in [6.07, 6.45) is 0.386. The molecule has 2 atom stereocenters. The number of hydrogen-bond donors (Lipinski definition) is 1. The van der Waals surface area contributed by atoms with Gasteiger partial charge in [-0.05, 0) is 33.1 Å². The molecule has 4 heteroatoms. The molecule has 1 N–H and O–H groups in total. The molecule has 0 heterocycles. The maximum absolute atomic E-state index is 11.6. The predicted molar refractivity (Wildman–Crippen MR) is 49.7 cm³/mol. The van der Waals surface area contributed by atoms with Crippen molar-refractivity contribution in [2.24, 2.45) is 11.3 Å². The van der Waals surface area contributed by atoms with Crippen molar-refractivity contribution in [2.75, 3.05) is 0 Å². The summed E-state index contributed by atoms with van der Waals surface area (Å²) in [5.41, 5.74) is -1.89. The normalized spacial score (nSPS) is 31.0. The Balaban J connectivity index is 2.75. The molecule has 0 aromatic rings. The first-order valence-corrected chi connectivity index (χ1v) is 4.67. The molecule has 0 bridgehead atoms. The van der Waals surface area contributed by atoms with Crippen LogP contribution in [0.15, 0.2) is 0 Å². The molecule has 1 rings (SSSR count). The Hall–Kier alpha value is -1.06. The molecule has 0 aliphatic heterocycles. The second kappa shape index (κ2) is 2.97. The Morgan fingerprint density at radius 1 is 1.43 bits per heavy atom. The Morgan fingerprint density at radius 3 is 2.07 bits per heavy atom. The molecular weight excluding hydrogens is 184 g/mol. The van der Waals surface area contributed by atoms with Gasteiger partial charge in [-0.25, -0.2) is 0 Å². The van der Waals surface area contributed by atoms with Crippen LogP contribution in [0.25, 0.3) is 0 Å². The van der Waals surface area contributed by atoms with Crippen LogP contribution in [0.3, 0.4) is 0 Å². The van der Waals surface area contributed by atoms with E-state index in [0.717, 1.165) is 0 Å². The van der Waals surface area contributed by atoms with Gasteiger partial charge in [-0.2, -0.15) is 0 Å². The third kappa shape index (κ3) is 1.74. The van der Waals surface area contributed by atoms with E-state index in [4.69, 9.17) is 9.84 Å². The van der Waals surface area contributed by atoms with E-state index in [1.165, 1.54) is 0 Å². The zero-order valence-electron chi connectivity index (χ0n) is 8.96. The smallest absolute Gasteiger partial charge is 0.324 e. The first-order chi connectivity index (χ1) is 6.20. The van der Waals surface area contributed by atoms with Crippen LogP contribution in [0.1, 0.15) is 34.1 Å². The van der Waals surface area contributed by atoms with Crippen LogP contribution >= 0.6 is 0 Å². The monoisotopic (exact) mass is 200 g/mol. The number of esters is 1. The van der Waals surface area contributed by atoms with Crippen LogP contribution in [0.5, 0.6) is 0 Å². The minimum atomic E-state index is -1.27. The highest BCUT2D eigenvalue weighted by molar-refractivity contribution is 6.03. The van der Waals surface area contributed by atoms with Crippen molar-refractivity contribution in [2.45, 2.75) is 39.7 Å². The number of carboxylic acids is 1. The van der Waals surface area contributed by atoms with Gasteiger partial charge in [-0.15, -0.1) is 0 Å². The van der Waals surface area contributed by atoms with Gasteiger partial charge in [0, 0.05) is 0 Å². The maximum Gasteiger partial charge on any atom is 0.324 e. The molecule has 0 aromatic heterocycles. The van der Waals surface area contributed by atoms with Crippen molar-refractivity contribution < 1.29 is 19.4 Å². The maximum atomic E-state index is 11.6. The largest absolute Gasteiger partial charge is 0.480 e. The fourth-order valence-corrected chi connectivity index (χ4v) is 1.46. The second-order valence-electron chi connectivity index (χ2n) is 4.88. The van der Waals surface area contributed by atoms with Crippen molar-refractivity contribution in [3.63, 3.8) is 0 Å². The van der Waals surface area contributed by atoms with Crippen molar-refractivity contribution in [3.05, 3.63) is 0 Å². The average Bonchev–Trinajstić information content (AvgIpc) is 2.58. The van der Waals surface area contributed by atoms with Crippen LogP contribution in [-0.4, -0.2) is 22.6 Å². The van der Waals surface area contributed by atoms with Crippen molar-refractivity contribution in [1.82, 2.24) is 0 Å². The first kappa shape index (κ1) is 11.0. The minimum Gasteiger partial charge on any atom is -0.480 e. The van der Waals surface area contributed by atoms with Crippen LogP contribution in [-0.2, 0) is 14.3 Å². The standard InChI is InChI=1S/C10H16O4/c1-6-5-10(6,7(11)12)8(13)14-9(2,3)4/h6H,5H2,1-4H3,(H,11,12)/t6-,10-/m0/s1. The number of hydrogen-bond acceptors (Lipinski definition) is 3. The molecule has 1 fully saturated rings. The van der Waals surface area contributed by atoms with E-state index in [1.54, 1.807) is 27.7 Å². The van der Waals surface area contributed by atoms with E-state index in [-0.39, 0.29) is 5.92 Å². The lowest BCUT2D eigenvalue weighted by atomic mass is 10.0. The summed E-state index contributed by atoms with van der Waals surface area (Å²) >= 11 is 0. The molecule has 0 spiro atoms. The van der Waals surface area contributed by atoms with Gasteiger partial charge in [0.25, 0.3) is 0 Å². The Kier molecular flexibility index (Phi) is 2.34. The van der Waals surface area contributed by atoms with Gasteiger partial charge in [0.1, 0.15) is 5.60 Å². The fourth-order valence-electron chi connectivity index (χ4n) is 1.46. The van der Waals surface area contributed by atoms with Crippen LogP contribution < -0.4 is 0 Å². The van der Waals surface area contributed by atoms with Gasteiger partial charge in [-0.1, -0.05) is 6.92 Å². The highest BCUT2D eigenvalue weighted by Gasteiger charge is 2.65. The number of carbonyl (C=O) groups excluding carboxylic acids is 1. The van der Waals surface area contributed by atoms with Crippen molar-refractivity contribution in [3.8, 4) is 0 Å². The van der Waals surface area contributed by atoms with E-state index in [0.29, 0.717) is 6.42 Å². The summed E-state index contributed by atoms with van der Waals surface area (Å²) in [4.78, 5) is 22.5. The lowest BCUT2D eigenvalue weighted by molar-refractivity contribution is -0.169. The van der Waals surface area contributed by atoms with Crippen LogP contribution in [0.4, 0.5) is 0 Å². The molecule has 0 unspecified atom stereocenters. The van der Waals surface area contributed by atoms with Gasteiger partial charge >= 0.3 is 11.9 Å². The van der Waals surface area contributed by atoms with Gasteiger partial charge < -0.3 is 9.84 Å². The summed E-state index contributed by atoms with van der Waals surface area (Å²) in [7, 11) is 0. The molecule has 14 heavy (non-hydrogen) atoms.